The third-order valence-electron chi connectivity index (χ3n) is 3.93. The van der Waals surface area contributed by atoms with Crippen LogP contribution in [0.15, 0.2) is 0 Å². The van der Waals surface area contributed by atoms with Crippen molar-refractivity contribution < 1.29 is 4.79 Å². The Hall–Kier alpha value is -0.610. The average molecular weight is 241 g/mol. The molecule has 1 aliphatic heterocycles. The molecular formula is C13H27N3O. The molecule has 1 aliphatic rings. The molecule has 0 bridgehead atoms. The summed E-state index contributed by atoms with van der Waals surface area (Å²) in [5, 5.41) is 2.67. The van der Waals surface area contributed by atoms with Crippen molar-refractivity contribution in [2.45, 2.75) is 45.1 Å². The van der Waals surface area contributed by atoms with E-state index in [-0.39, 0.29) is 5.91 Å². The van der Waals surface area contributed by atoms with Gasteiger partial charge in [-0.2, -0.15) is 0 Å². The van der Waals surface area contributed by atoms with E-state index in [1.54, 1.807) is 7.05 Å². The first-order valence-electron chi connectivity index (χ1n) is 6.87. The van der Waals surface area contributed by atoms with Gasteiger partial charge in [-0.05, 0) is 38.3 Å². The molecule has 4 heteroatoms. The molecule has 1 saturated heterocycles. The number of rotatable bonds is 6. The van der Waals surface area contributed by atoms with Crippen LogP contribution in [0, 0.1) is 5.92 Å². The van der Waals surface area contributed by atoms with Crippen LogP contribution in [0.4, 0.5) is 0 Å². The van der Waals surface area contributed by atoms with Crippen molar-refractivity contribution in [3.8, 4) is 0 Å². The summed E-state index contributed by atoms with van der Waals surface area (Å²) in [4.78, 5) is 13.7. The topological polar surface area (TPSA) is 58.4 Å². The van der Waals surface area contributed by atoms with Gasteiger partial charge in [-0.25, -0.2) is 0 Å². The van der Waals surface area contributed by atoms with Crippen LogP contribution in [-0.4, -0.2) is 43.5 Å². The number of carbonyl (C=O) groups excluding carboxylic acids is 1. The fourth-order valence-corrected chi connectivity index (χ4v) is 2.88. The van der Waals surface area contributed by atoms with E-state index in [1.165, 1.54) is 19.3 Å². The molecule has 3 N–H and O–H groups in total. The van der Waals surface area contributed by atoms with Crippen LogP contribution in [-0.2, 0) is 4.79 Å². The third kappa shape index (κ3) is 4.28. The van der Waals surface area contributed by atoms with Crippen LogP contribution < -0.4 is 11.1 Å². The number of hydrogen-bond donors (Lipinski definition) is 2. The average Bonchev–Trinajstić information content (AvgIpc) is 2.37. The van der Waals surface area contributed by atoms with Gasteiger partial charge in [0.2, 0.25) is 5.91 Å². The second-order valence-corrected chi connectivity index (χ2v) is 4.93. The molecule has 0 aromatic heterocycles. The number of amides is 1. The number of carbonyl (C=O) groups is 1. The van der Waals surface area contributed by atoms with Gasteiger partial charge in [-0.3, -0.25) is 9.69 Å². The number of piperidine rings is 1. The summed E-state index contributed by atoms with van der Waals surface area (Å²) in [6.07, 6.45) is 5.36. The lowest BCUT2D eigenvalue weighted by Crippen LogP contribution is -2.49. The van der Waals surface area contributed by atoms with Gasteiger partial charge in [-0.1, -0.05) is 13.3 Å². The Morgan fingerprint density at radius 3 is 2.88 bits per heavy atom. The van der Waals surface area contributed by atoms with Gasteiger partial charge in [0.05, 0.1) is 0 Å². The zero-order valence-electron chi connectivity index (χ0n) is 11.2. The van der Waals surface area contributed by atoms with Crippen LogP contribution in [0.25, 0.3) is 0 Å². The Balaban J connectivity index is 2.37. The maximum atomic E-state index is 11.2. The minimum Gasteiger partial charge on any atom is -0.359 e. The number of nitrogens with one attached hydrogen (secondary N) is 1. The molecule has 1 heterocycles. The lowest BCUT2D eigenvalue weighted by molar-refractivity contribution is -0.120. The summed E-state index contributed by atoms with van der Waals surface area (Å²) >= 11 is 0. The van der Waals surface area contributed by atoms with Crippen molar-refractivity contribution in [1.29, 1.82) is 0 Å². The summed E-state index contributed by atoms with van der Waals surface area (Å²) in [5.74, 6) is 0.882. The summed E-state index contributed by atoms with van der Waals surface area (Å²) in [6, 6.07) is 0.526. The van der Waals surface area contributed by atoms with E-state index in [4.69, 9.17) is 5.73 Å². The van der Waals surface area contributed by atoms with Crippen molar-refractivity contribution in [3.05, 3.63) is 0 Å². The quantitative estimate of drug-likeness (QED) is 0.728. The van der Waals surface area contributed by atoms with Crippen LogP contribution >= 0.6 is 0 Å². The molecule has 0 aromatic rings. The molecule has 17 heavy (non-hydrogen) atoms. The molecule has 0 saturated carbocycles. The van der Waals surface area contributed by atoms with Crippen LogP contribution in [0.1, 0.15) is 39.0 Å². The van der Waals surface area contributed by atoms with Crippen LogP contribution in [0.2, 0.25) is 0 Å². The lowest BCUT2D eigenvalue weighted by Gasteiger charge is -2.40. The molecule has 0 aliphatic carbocycles. The van der Waals surface area contributed by atoms with Gasteiger partial charge >= 0.3 is 0 Å². The third-order valence-corrected chi connectivity index (χ3v) is 3.93. The van der Waals surface area contributed by atoms with E-state index in [0.717, 1.165) is 32.0 Å². The highest BCUT2D eigenvalue weighted by atomic mass is 16.1. The Morgan fingerprint density at radius 1 is 1.53 bits per heavy atom. The zero-order chi connectivity index (χ0) is 12.7. The molecule has 0 aromatic carbocycles. The van der Waals surface area contributed by atoms with Gasteiger partial charge in [0.1, 0.15) is 0 Å². The van der Waals surface area contributed by atoms with E-state index in [2.05, 4.69) is 17.1 Å². The SMILES string of the molecule is CCC1CCCN(CCCC(=O)NC)C1CN. The second kappa shape index (κ2) is 7.67. The molecule has 1 rings (SSSR count). The normalized spacial score (nSPS) is 25.8. The monoisotopic (exact) mass is 241 g/mol. The molecule has 2 atom stereocenters. The molecular weight excluding hydrogens is 214 g/mol. The van der Waals surface area contributed by atoms with E-state index in [9.17, 15) is 4.79 Å². The molecule has 2 unspecified atom stereocenters. The molecule has 1 fully saturated rings. The maximum Gasteiger partial charge on any atom is 0.219 e. The van der Waals surface area contributed by atoms with Crippen molar-refractivity contribution in [1.82, 2.24) is 10.2 Å². The minimum atomic E-state index is 0.137. The largest absolute Gasteiger partial charge is 0.359 e. The first kappa shape index (κ1) is 14.5. The highest BCUT2D eigenvalue weighted by Gasteiger charge is 2.28. The van der Waals surface area contributed by atoms with Crippen LogP contribution in [0.3, 0.4) is 0 Å². The van der Waals surface area contributed by atoms with Gasteiger partial charge in [0, 0.05) is 26.1 Å². The minimum absolute atomic E-state index is 0.137. The van der Waals surface area contributed by atoms with Gasteiger partial charge in [0.25, 0.3) is 0 Å². The highest BCUT2D eigenvalue weighted by Crippen LogP contribution is 2.25. The Bertz CT molecular complexity index is 233. The lowest BCUT2D eigenvalue weighted by atomic mass is 9.87. The molecule has 100 valence electrons. The van der Waals surface area contributed by atoms with E-state index in [0.29, 0.717) is 12.5 Å². The second-order valence-electron chi connectivity index (χ2n) is 4.93. The maximum absolute atomic E-state index is 11.2. The number of nitrogens with zero attached hydrogens (tertiary/aromatic N) is 1. The van der Waals surface area contributed by atoms with Crippen molar-refractivity contribution in [3.63, 3.8) is 0 Å². The van der Waals surface area contributed by atoms with Crippen molar-refractivity contribution in [2.75, 3.05) is 26.7 Å². The number of likely N-dealkylation sites (tertiary alicyclic amines) is 1. The first-order chi connectivity index (χ1) is 8.22. The fourth-order valence-electron chi connectivity index (χ4n) is 2.88. The summed E-state index contributed by atoms with van der Waals surface area (Å²) < 4.78 is 0. The van der Waals surface area contributed by atoms with Crippen LogP contribution in [0.5, 0.6) is 0 Å². The standard InChI is InChI=1S/C13H27N3O/c1-3-11-6-4-8-16(12(11)10-14)9-5-7-13(17)15-2/h11-12H,3-10,14H2,1-2H3,(H,15,17). The predicted molar refractivity (Wildman–Crippen MR) is 70.7 cm³/mol. The fraction of sp³-hybridized carbons (Fsp3) is 0.923. The summed E-state index contributed by atoms with van der Waals surface area (Å²) in [5.41, 5.74) is 5.90. The van der Waals surface area contributed by atoms with E-state index in [1.807, 2.05) is 0 Å². The van der Waals surface area contributed by atoms with Crippen molar-refractivity contribution in [2.24, 2.45) is 11.7 Å². The molecule has 0 radical (unpaired) electrons. The summed E-state index contributed by atoms with van der Waals surface area (Å²) in [6.45, 7) is 5.15. The smallest absolute Gasteiger partial charge is 0.219 e. The van der Waals surface area contributed by atoms with Crippen molar-refractivity contribution >= 4 is 5.91 Å². The van der Waals surface area contributed by atoms with Gasteiger partial charge in [-0.15, -0.1) is 0 Å². The Morgan fingerprint density at radius 2 is 2.29 bits per heavy atom. The van der Waals surface area contributed by atoms with Gasteiger partial charge < -0.3 is 11.1 Å². The Kier molecular flexibility index (Phi) is 6.52. The Labute approximate surface area is 105 Å². The first-order valence-corrected chi connectivity index (χ1v) is 6.87. The summed E-state index contributed by atoms with van der Waals surface area (Å²) in [7, 11) is 1.69. The molecule has 0 spiro atoms. The predicted octanol–water partition coefficient (Wildman–Crippen LogP) is 0.962. The number of nitrogens with two attached hydrogens (primary N) is 1. The number of hydrogen-bond acceptors (Lipinski definition) is 3. The van der Waals surface area contributed by atoms with Gasteiger partial charge in [0.15, 0.2) is 0 Å². The zero-order valence-corrected chi connectivity index (χ0v) is 11.2. The molecule has 1 amide bonds. The highest BCUT2D eigenvalue weighted by molar-refractivity contribution is 5.75. The van der Waals surface area contributed by atoms with E-state index >= 15 is 0 Å². The molecule has 4 nitrogen and oxygen atoms in total. The van der Waals surface area contributed by atoms with E-state index < -0.39 is 0 Å².